The Morgan fingerprint density at radius 3 is 2.47 bits per heavy atom. The van der Waals surface area contributed by atoms with Gasteiger partial charge in [-0.15, -0.1) is 0 Å². The third-order valence-electron chi connectivity index (χ3n) is 2.42. The van der Waals surface area contributed by atoms with Gasteiger partial charge < -0.3 is 11.1 Å². The molecule has 0 bridgehead atoms. The fourth-order valence-corrected chi connectivity index (χ4v) is 1.59. The first-order valence-electron chi connectivity index (χ1n) is 4.43. The van der Waals surface area contributed by atoms with Gasteiger partial charge in [0, 0.05) is 18.9 Å². The van der Waals surface area contributed by atoms with Gasteiger partial charge >= 0.3 is 6.03 Å². The molecule has 1 unspecified atom stereocenters. The number of amides is 3. The molecular formula is C9H10N4O2. The Hall–Kier alpha value is -1.95. The lowest BCUT2D eigenvalue weighted by Gasteiger charge is -2.24. The van der Waals surface area contributed by atoms with Gasteiger partial charge in [0.25, 0.3) is 5.91 Å². The number of nitrogens with one attached hydrogen (secondary N) is 2. The number of aromatic nitrogens is 1. The third kappa shape index (κ3) is 1.35. The summed E-state index contributed by atoms with van der Waals surface area (Å²) in [5.74, 6) is -0.429. The van der Waals surface area contributed by atoms with Crippen LogP contribution in [0.15, 0.2) is 24.5 Å². The van der Waals surface area contributed by atoms with Crippen molar-refractivity contribution >= 4 is 11.9 Å². The number of carbonyl (C=O) groups is 2. The molecule has 1 atom stereocenters. The molecule has 1 aromatic heterocycles. The van der Waals surface area contributed by atoms with Gasteiger partial charge in [-0.3, -0.25) is 15.1 Å². The monoisotopic (exact) mass is 206 g/mol. The van der Waals surface area contributed by atoms with Crippen molar-refractivity contribution in [1.82, 2.24) is 15.6 Å². The summed E-state index contributed by atoms with van der Waals surface area (Å²) in [7, 11) is 0. The molecular weight excluding hydrogens is 196 g/mol. The van der Waals surface area contributed by atoms with E-state index in [1.54, 1.807) is 24.5 Å². The maximum atomic E-state index is 11.6. The number of hydrogen-bond acceptors (Lipinski definition) is 4. The standard InChI is InChI=1S/C9H10N4O2/c10-5-9(6-1-3-11-4-2-6)7(14)12-8(15)13-9/h1-4H,5,10H2,(H2,12,13,14,15). The lowest BCUT2D eigenvalue weighted by molar-refractivity contribution is -0.123. The summed E-state index contributed by atoms with van der Waals surface area (Å²) < 4.78 is 0. The van der Waals surface area contributed by atoms with Crippen molar-refractivity contribution in [1.29, 1.82) is 0 Å². The van der Waals surface area contributed by atoms with Crippen molar-refractivity contribution in [2.75, 3.05) is 6.54 Å². The number of nitrogens with two attached hydrogens (primary N) is 1. The van der Waals surface area contributed by atoms with E-state index in [9.17, 15) is 9.59 Å². The molecule has 6 nitrogen and oxygen atoms in total. The summed E-state index contributed by atoms with van der Waals surface area (Å²) in [5, 5.41) is 4.70. The highest BCUT2D eigenvalue weighted by molar-refractivity contribution is 6.07. The number of nitrogens with zero attached hydrogens (tertiary/aromatic N) is 1. The summed E-state index contributed by atoms with van der Waals surface area (Å²) in [5.41, 5.74) is 5.03. The topological polar surface area (TPSA) is 97.1 Å². The zero-order valence-corrected chi connectivity index (χ0v) is 7.86. The fraction of sp³-hybridized carbons (Fsp3) is 0.222. The van der Waals surface area contributed by atoms with E-state index in [4.69, 9.17) is 5.73 Å². The predicted octanol–water partition coefficient (Wildman–Crippen LogP) is -0.925. The van der Waals surface area contributed by atoms with Crippen molar-refractivity contribution < 1.29 is 9.59 Å². The molecule has 0 radical (unpaired) electrons. The molecule has 6 heteroatoms. The first-order chi connectivity index (χ1) is 7.19. The molecule has 78 valence electrons. The van der Waals surface area contributed by atoms with E-state index in [0.717, 1.165) is 0 Å². The lowest BCUT2D eigenvalue weighted by Crippen LogP contribution is -2.49. The van der Waals surface area contributed by atoms with E-state index in [-0.39, 0.29) is 6.54 Å². The van der Waals surface area contributed by atoms with Gasteiger partial charge in [0.1, 0.15) is 0 Å². The summed E-state index contributed by atoms with van der Waals surface area (Å²) >= 11 is 0. The molecule has 1 aliphatic heterocycles. The summed E-state index contributed by atoms with van der Waals surface area (Å²) in [6.45, 7) is 0.00852. The van der Waals surface area contributed by atoms with Crippen molar-refractivity contribution in [2.24, 2.45) is 5.73 Å². The number of hydrogen-bond donors (Lipinski definition) is 3. The van der Waals surface area contributed by atoms with Gasteiger partial charge in [0.2, 0.25) is 0 Å². The molecule has 3 amide bonds. The fourth-order valence-electron chi connectivity index (χ4n) is 1.59. The molecule has 1 saturated heterocycles. The van der Waals surface area contributed by atoms with E-state index < -0.39 is 17.5 Å². The van der Waals surface area contributed by atoms with Gasteiger partial charge in [-0.05, 0) is 17.7 Å². The molecule has 1 aliphatic rings. The number of pyridine rings is 1. The quantitative estimate of drug-likeness (QED) is 0.545. The van der Waals surface area contributed by atoms with Crippen molar-refractivity contribution in [3.8, 4) is 0 Å². The van der Waals surface area contributed by atoms with Crippen LogP contribution >= 0.6 is 0 Å². The van der Waals surface area contributed by atoms with E-state index in [1.165, 1.54) is 0 Å². The van der Waals surface area contributed by atoms with Crippen LogP contribution in [0.25, 0.3) is 0 Å². The van der Waals surface area contributed by atoms with E-state index in [2.05, 4.69) is 15.6 Å². The van der Waals surface area contributed by atoms with Crippen LogP contribution in [0.1, 0.15) is 5.56 Å². The van der Waals surface area contributed by atoms with Crippen LogP contribution in [0.3, 0.4) is 0 Å². The molecule has 0 aliphatic carbocycles. The largest absolute Gasteiger partial charge is 0.327 e. The molecule has 0 saturated carbocycles. The number of urea groups is 1. The van der Waals surface area contributed by atoms with Gasteiger partial charge in [-0.25, -0.2) is 4.79 Å². The Bertz CT molecular complexity index is 406. The van der Waals surface area contributed by atoms with E-state index in [1.807, 2.05) is 0 Å². The van der Waals surface area contributed by atoms with Crippen LogP contribution in [0.2, 0.25) is 0 Å². The van der Waals surface area contributed by atoms with Gasteiger partial charge in [-0.1, -0.05) is 0 Å². The molecule has 2 rings (SSSR count). The van der Waals surface area contributed by atoms with Gasteiger partial charge in [-0.2, -0.15) is 0 Å². The smallest absolute Gasteiger partial charge is 0.322 e. The Morgan fingerprint density at radius 2 is 2.00 bits per heavy atom. The highest BCUT2D eigenvalue weighted by Crippen LogP contribution is 2.22. The normalized spacial score (nSPS) is 24.9. The molecule has 1 aromatic rings. The molecule has 0 spiro atoms. The van der Waals surface area contributed by atoms with Gasteiger partial charge in [0.05, 0.1) is 0 Å². The molecule has 0 aromatic carbocycles. The van der Waals surface area contributed by atoms with Crippen molar-refractivity contribution in [2.45, 2.75) is 5.54 Å². The molecule has 2 heterocycles. The second-order valence-electron chi connectivity index (χ2n) is 3.25. The van der Waals surface area contributed by atoms with Crippen LogP contribution in [-0.2, 0) is 10.3 Å². The Labute approximate surface area is 85.9 Å². The summed E-state index contributed by atoms with van der Waals surface area (Å²) in [6.07, 6.45) is 3.09. The SMILES string of the molecule is NCC1(c2ccncc2)NC(=O)NC1=O. The van der Waals surface area contributed by atoms with E-state index >= 15 is 0 Å². The Kier molecular flexibility index (Phi) is 2.12. The minimum Gasteiger partial charge on any atom is -0.327 e. The van der Waals surface area contributed by atoms with Crippen molar-refractivity contribution in [3.63, 3.8) is 0 Å². The first kappa shape index (κ1) is 9.60. The van der Waals surface area contributed by atoms with Crippen molar-refractivity contribution in [3.05, 3.63) is 30.1 Å². The van der Waals surface area contributed by atoms with E-state index in [0.29, 0.717) is 5.56 Å². The molecule has 1 fully saturated rings. The maximum Gasteiger partial charge on any atom is 0.322 e. The molecule has 15 heavy (non-hydrogen) atoms. The highest BCUT2D eigenvalue weighted by atomic mass is 16.2. The highest BCUT2D eigenvalue weighted by Gasteiger charge is 2.46. The zero-order chi connectivity index (χ0) is 10.9. The van der Waals surface area contributed by atoms with Crippen LogP contribution in [0, 0.1) is 0 Å². The van der Waals surface area contributed by atoms with Crippen LogP contribution in [0.5, 0.6) is 0 Å². The summed E-state index contributed by atoms with van der Waals surface area (Å²) in [6, 6.07) is 2.78. The summed E-state index contributed by atoms with van der Waals surface area (Å²) in [4.78, 5) is 26.6. The maximum absolute atomic E-state index is 11.6. The Morgan fingerprint density at radius 1 is 1.33 bits per heavy atom. The first-order valence-corrected chi connectivity index (χ1v) is 4.43. The van der Waals surface area contributed by atoms with Crippen LogP contribution < -0.4 is 16.4 Å². The second-order valence-corrected chi connectivity index (χ2v) is 3.25. The van der Waals surface area contributed by atoms with Gasteiger partial charge in [0.15, 0.2) is 5.54 Å². The van der Waals surface area contributed by atoms with Crippen LogP contribution in [0.4, 0.5) is 4.79 Å². The second kappa shape index (κ2) is 3.32. The minimum atomic E-state index is -1.15. The number of carbonyl (C=O) groups excluding carboxylic acids is 2. The average Bonchev–Trinajstić information content (AvgIpc) is 2.56. The predicted molar refractivity (Wildman–Crippen MR) is 51.6 cm³/mol. The number of rotatable bonds is 2. The molecule has 4 N–H and O–H groups in total. The van der Waals surface area contributed by atoms with Crippen LogP contribution in [-0.4, -0.2) is 23.5 Å². The zero-order valence-electron chi connectivity index (χ0n) is 7.86. The lowest BCUT2D eigenvalue weighted by atomic mass is 9.91. The Balaban J connectivity index is 2.47. The minimum absolute atomic E-state index is 0.00852. The third-order valence-corrected chi connectivity index (χ3v) is 2.42. The number of imide groups is 1. The average molecular weight is 206 g/mol.